The molecule has 2 rings (SSSR count). The van der Waals surface area contributed by atoms with E-state index in [0.717, 1.165) is 17.0 Å². The number of hydrogen-bond acceptors (Lipinski definition) is 5. The van der Waals surface area contributed by atoms with Crippen LogP contribution in [-0.2, 0) is 11.2 Å². The highest BCUT2D eigenvalue weighted by Gasteiger charge is 2.24. The Morgan fingerprint density at radius 1 is 1.39 bits per heavy atom. The normalized spacial score (nSPS) is 12.2. The highest BCUT2D eigenvalue weighted by Crippen LogP contribution is 2.20. The molecule has 0 unspecified atom stereocenters. The molecule has 3 N–H and O–H groups in total. The number of nitrogens with zero attached hydrogens (tertiary/aromatic N) is 1. The monoisotopic (exact) mass is 333 g/mol. The van der Waals surface area contributed by atoms with Crippen LogP contribution in [0.15, 0.2) is 29.6 Å². The SMILES string of the molecule is Cc1ccccc1O[C@H](C(=O)NCCc1csc(N)n1)C(C)C. The summed E-state index contributed by atoms with van der Waals surface area (Å²) in [6.07, 6.45) is 0.144. The third kappa shape index (κ3) is 4.96. The Balaban J connectivity index is 1.92. The lowest BCUT2D eigenvalue weighted by molar-refractivity contribution is -0.129. The van der Waals surface area contributed by atoms with Crippen molar-refractivity contribution in [3.05, 3.63) is 40.9 Å². The van der Waals surface area contributed by atoms with E-state index in [1.807, 2.05) is 50.4 Å². The van der Waals surface area contributed by atoms with Gasteiger partial charge in [-0.1, -0.05) is 32.0 Å². The molecule has 1 atom stereocenters. The average molecular weight is 333 g/mol. The second kappa shape index (κ2) is 7.97. The van der Waals surface area contributed by atoms with Crippen LogP contribution in [0.2, 0.25) is 0 Å². The summed E-state index contributed by atoms with van der Waals surface area (Å²) in [6.45, 7) is 6.44. The van der Waals surface area contributed by atoms with Crippen molar-refractivity contribution >= 4 is 22.4 Å². The lowest BCUT2D eigenvalue weighted by Gasteiger charge is -2.22. The van der Waals surface area contributed by atoms with Gasteiger partial charge in [0.2, 0.25) is 0 Å². The Kier molecular flexibility index (Phi) is 5.98. The van der Waals surface area contributed by atoms with E-state index in [0.29, 0.717) is 18.1 Å². The second-order valence-electron chi connectivity index (χ2n) is 5.77. The number of thiazole rings is 1. The van der Waals surface area contributed by atoms with Crippen LogP contribution < -0.4 is 15.8 Å². The number of aromatic nitrogens is 1. The van der Waals surface area contributed by atoms with Crippen LogP contribution in [-0.4, -0.2) is 23.5 Å². The summed E-state index contributed by atoms with van der Waals surface area (Å²) in [7, 11) is 0. The van der Waals surface area contributed by atoms with Crippen LogP contribution in [0.5, 0.6) is 5.75 Å². The second-order valence-corrected chi connectivity index (χ2v) is 6.66. The molecule has 2 aromatic rings. The fraction of sp³-hybridized carbons (Fsp3) is 0.412. The Morgan fingerprint density at radius 3 is 2.74 bits per heavy atom. The van der Waals surface area contributed by atoms with Gasteiger partial charge in [0.05, 0.1) is 5.69 Å². The third-order valence-corrected chi connectivity index (χ3v) is 4.18. The van der Waals surface area contributed by atoms with Crippen LogP contribution in [0.3, 0.4) is 0 Å². The van der Waals surface area contributed by atoms with E-state index < -0.39 is 6.10 Å². The number of nitrogens with two attached hydrogens (primary N) is 1. The van der Waals surface area contributed by atoms with Crippen molar-refractivity contribution < 1.29 is 9.53 Å². The number of para-hydroxylation sites is 1. The van der Waals surface area contributed by atoms with Crippen molar-refractivity contribution in [2.45, 2.75) is 33.3 Å². The van der Waals surface area contributed by atoms with Gasteiger partial charge in [-0.3, -0.25) is 4.79 Å². The minimum absolute atomic E-state index is 0.0736. The van der Waals surface area contributed by atoms with Crippen molar-refractivity contribution in [3.63, 3.8) is 0 Å². The maximum absolute atomic E-state index is 12.4. The van der Waals surface area contributed by atoms with Crippen molar-refractivity contribution in [1.82, 2.24) is 10.3 Å². The number of aryl methyl sites for hydroxylation is 1. The smallest absolute Gasteiger partial charge is 0.261 e. The zero-order valence-electron chi connectivity index (χ0n) is 13.7. The molecule has 1 amide bonds. The molecule has 0 spiro atoms. The van der Waals surface area contributed by atoms with Gasteiger partial charge in [-0.2, -0.15) is 0 Å². The fourth-order valence-corrected chi connectivity index (χ4v) is 2.77. The van der Waals surface area contributed by atoms with Crippen LogP contribution in [0, 0.1) is 12.8 Å². The van der Waals surface area contributed by atoms with Crippen molar-refractivity contribution in [2.75, 3.05) is 12.3 Å². The minimum Gasteiger partial charge on any atom is -0.480 e. The largest absolute Gasteiger partial charge is 0.480 e. The molecule has 124 valence electrons. The first-order valence-corrected chi connectivity index (χ1v) is 8.55. The van der Waals surface area contributed by atoms with E-state index in [9.17, 15) is 4.79 Å². The predicted molar refractivity (Wildman–Crippen MR) is 93.7 cm³/mol. The third-order valence-electron chi connectivity index (χ3n) is 3.46. The zero-order valence-corrected chi connectivity index (χ0v) is 14.5. The highest BCUT2D eigenvalue weighted by molar-refractivity contribution is 7.13. The summed E-state index contributed by atoms with van der Waals surface area (Å²) < 4.78 is 5.93. The Bertz CT molecular complexity index is 655. The molecule has 5 nitrogen and oxygen atoms in total. The summed E-state index contributed by atoms with van der Waals surface area (Å²) in [5.74, 6) is 0.713. The summed E-state index contributed by atoms with van der Waals surface area (Å²) in [4.78, 5) is 16.6. The molecule has 0 radical (unpaired) electrons. The number of benzene rings is 1. The quantitative estimate of drug-likeness (QED) is 0.817. The van der Waals surface area contributed by atoms with Crippen molar-refractivity contribution in [1.29, 1.82) is 0 Å². The topological polar surface area (TPSA) is 77.2 Å². The maximum atomic E-state index is 12.4. The number of ether oxygens (including phenoxy) is 1. The lowest BCUT2D eigenvalue weighted by Crippen LogP contribution is -2.42. The van der Waals surface area contributed by atoms with Crippen LogP contribution in [0.25, 0.3) is 0 Å². The van der Waals surface area contributed by atoms with Gasteiger partial charge in [0.15, 0.2) is 11.2 Å². The number of hydrogen-bond donors (Lipinski definition) is 2. The summed E-state index contributed by atoms with van der Waals surface area (Å²) in [5, 5.41) is 5.38. The van der Waals surface area contributed by atoms with Crippen molar-refractivity contribution in [3.8, 4) is 5.75 Å². The van der Waals surface area contributed by atoms with Crippen molar-refractivity contribution in [2.24, 2.45) is 5.92 Å². The molecule has 0 aliphatic heterocycles. The van der Waals surface area contributed by atoms with Gasteiger partial charge < -0.3 is 15.8 Å². The number of amides is 1. The molecule has 1 heterocycles. The van der Waals surface area contributed by atoms with E-state index in [1.165, 1.54) is 11.3 Å². The first kappa shape index (κ1) is 17.3. The molecule has 0 fully saturated rings. The maximum Gasteiger partial charge on any atom is 0.261 e. The van der Waals surface area contributed by atoms with E-state index in [2.05, 4.69) is 10.3 Å². The molecular weight excluding hydrogens is 310 g/mol. The van der Waals surface area contributed by atoms with E-state index in [-0.39, 0.29) is 11.8 Å². The van der Waals surface area contributed by atoms with Gasteiger partial charge in [-0.25, -0.2) is 4.98 Å². The average Bonchev–Trinajstić information content (AvgIpc) is 2.91. The lowest BCUT2D eigenvalue weighted by atomic mass is 10.1. The summed E-state index contributed by atoms with van der Waals surface area (Å²) in [6, 6.07) is 7.71. The van der Waals surface area contributed by atoms with Crippen LogP contribution in [0.1, 0.15) is 25.1 Å². The Hall–Kier alpha value is -2.08. The molecule has 0 saturated carbocycles. The van der Waals surface area contributed by atoms with Gasteiger partial charge in [0.25, 0.3) is 5.91 Å². The molecule has 1 aromatic carbocycles. The number of carbonyl (C=O) groups excluding carboxylic acids is 1. The molecule has 0 bridgehead atoms. The molecule has 0 saturated heterocycles. The van der Waals surface area contributed by atoms with E-state index in [1.54, 1.807) is 0 Å². The van der Waals surface area contributed by atoms with E-state index >= 15 is 0 Å². The van der Waals surface area contributed by atoms with E-state index in [4.69, 9.17) is 10.5 Å². The minimum atomic E-state index is -0.517. The zero-order chi connectivity index (χ0) is 16.8. The molecule has 6 heteroatoms. The Morgan fingerprint density at radius 2 is 2.13 bits per heavy atom. The molecule has 0 aliphatic carbocycles. The van der Waals surface area contributed by atoms with Gasteiger partial charge in [-0.05, 0) is 24.5 Å². The van der Waals surface area contributed by atoms with Gasteiger partial charge >= 0.3 is 0 Å². The molecule has 23 heavy (non-hydrogen) atoms. The van der Waals surface area contributed by atoms with Gasteiger partial charge in [-0.15, -0.1) is 11.3 Å². The number of rotatable bonds is 7. The summed E-state index contributed by atoms with van der Waals surface area (Å²) in [5.41, 5.74) is 7.51. The standard InChI is InChI=1S/C17H23N3O2S/c1-11(2)15(22-14-7-5-4-6-12(14)3)16(21)19-9-8-13-10-23-17(18)20-13/h4-7,10-11,15H,8-9H2,1-3H3,(H2,18,20)(H,19,21)/t15-/m0/s1. The van der Waals surface area contributed by atoms with Crippen LogP contribution >= 0.6 is 11.3 Å². The predicted octanol–water partition coefficient (Wildman–Crippen LogP) is 2.80. The Labute approximate surface area is 140 Å². The number of anilines is 1. The highest BCUT2D eigenvalue weighted by atomic mass is 32.1. The van der Waals surface area contributed by atoms with Gasteiger partial charge in [0, 0.05) is 18.3 Å². The summed E-state index contributed by atoms with van der Waals surface area (Å²) >= 11 is 1.41. The fourth-order valence-electron chi connectivity index (χ4n) is 2.17. The molecular formula is C17H23N3O2S. The van der Waals surface area contributed by atoms with Crippen LogP contribution in [0.4, 0.5) is 5.13 Å². The first-order chi connectivity index (χ1) is 11.0. The number of nitrogen functional groups attached to an aromatic ring is 1. The molecule has 0 aliphatic rings. The first-order valence-electron chi connectivity index (χ1n) is 7.67. The number of nitrogens with one attached hydrogen (secondary N) is 1. The molecule has 1 aromatic heterocycles. The number of carbonyl (C=O) groups is 1. The van der Waals surface area contributed by atoms with Gasteiger partial charge in [0.1, 0.15) is 5.75 Å².